The second kappa shape index (κ2) is 7.03. The van der Waals surface area contributed by atoms with E-state index < -0.39 is 24.8 Å². The van der Waals surface area contributed by atoms with Crippen LogP contribution >= 0.6 is 15.9 Å². The van der Waals surface area contributed by atoms with Crippen molar-refractivity contribution in [3.05, 3.63) is 0 Å². The summed E-state index contributed by atoms with van der Waals surface area (Å²) >= 11 is 3.14. The van der Waals surface area contributed by atoms with Crippen molar-refractivity contribution in [1.29, 1.82) is 0 Å². The fourth-order valence-electron chi connectivity index (χ4n) is 0.762. The Hall–Kier alpha value is -0.330. The maximum atomic E-state index is 12.3. The number of carbonyl (C=O) groups is 1. The Morgan fingerprint density at radius 3 is 2.40 bits per heavy atom. The molecule has 0 aliphatic rings. The van der Waals surface area contributed by atoms with Crippen LogP contribution in [0.1, 0.15) is 19.3 Å². The van der Waals surface area contributed by atoms with E-state index in [1.807, 2.05) is 0 Å². The van der Waals surface area contributed by atoms with Crippen molar-refractivity contribution >= 4 is 21.8 Å². The minimum atomic E-state index is -4.15. The molecule has 0 aliphatic carbocycles. The van der Waals surface area contributed by atoms with E-state index in [1.165, 1.54) is 0 Å². The summed E-state index contributed by atoms with van der Waals surface area (Å²) in [5, 5.41) is 2.49. The molecule has 0 spiro atoms. The topological polar surface area (TPSA) is 29.1 Å². The summed E-state index contributed by atoms with van der Waals surface area (Å²) in [7, 11) is 0. The lowest BCUT2D eigenvalue weighted by Gasteiger charge is -2.15. The lowest BCUT2D eigenvalue weighted by molar-refractivity contribution is -0.136. The number of hydrogen-bond acceptors (Lipinski definition) is 1. The molecule has 0 saturated carbocycles. The van der Waals surface area contributed by atoms with Crippen molar-refractivity contribution in [3.8, 4) is 0 Å². The fraction of sp³-hybridized carbons (Fsp3) is 0.875. The van der Waals surface area contributed by atoms with E-state index in [9.17, 15) is 22.4 Å². The number of amides is 1. The summed E-state index contributed by atoms with van der Waals surface area (Å²) in [6, 6.07) is 0. The van der Waals surface area contributed by atoms with Crippen molar-refractivity contribution < 1.29 is 22.4 Å². The zero-order chi connectivity index (χ0) is 11.9. The third-order valence-corrected chi connectivity index (χ3v) is 2.19. The molecule has 0 rings (SSSR count). The second-order valence-corrected chi connectivity index (χ2v) is 3.78. The van der Waals surface area contributed by atoms with E-state index in [0.29, 0.717) is 11.8 Å². The van der Waals surface area contributed by atoms with Gasteiger partial charge < -0.3 is 5.32 Å². The van der Waals surface area contributed by atoms with Gasteiger partial charge in [0.25, 0.3) is 0 Å². The molecule has 0 aromatic rings. The highest BCUT2D eigenvalue weighted by Gasteiger charge is 2.40. The normalized spacial score (nSPS) is 11.9. The van der Waals surface area contributed by atoms with Crippen LogP contribution in [0.15, 0.2) is 0 Å². The lowest BCUT2D eigenvalue weighted by atomic mass is 10.2. The first kappa shape index (κ1) is 14.7. The van der Waals surface area contributed by atoms with Gasteiger partial charge in [0.2, 0.25) is 5.91 Å². The first-order valence-electron chi connectivity index (χ1n) is 4.39. The largest absolute Gasteiger partial charge is 0.350 e. The zero-order valence-corrected chi connectivity index (χ0v) is 9.50. The van der Waals surface area contributed by atoms with Crippen LogP contribution in [0.3, 0.4) is 0 Å². The van der Waals surface area contributed by atoms with Gasteiger partial charge in [0.15, 0.2) is 0 Å². The Morgan fingerprint density at radius 1 is 1.33 bits per heavy atom. The maximum absolute atomic E-state index is 12.3. The van der Waals surface area contributed by atoms with Gasteiger partial charge in [-0.1, -0.05) is 15.9 Å². The second-order valence-electron chi connectivity index (χ2n) is 2.98. The minimum Gasteiger partial charge on any atom is -0.350 e. The number of carbonyl (C=O) groups excluding carboxylic acids is 1. The van der Waals surface area contributed by atoms with E-state index in [0.717, 1.165) is 6.42 Å². The number of halogens is 5. The molecule has 2 nitrogen and oxygen atoms in total. The van der Waals surface area contributed by atoms with E-state index >= 15 is 0 Å². The molecule has 7 heteroatoms. The lowest BCUT2D eigenvalue weighted by Crippen LogP contribution is -2.41. The molecule has 0 aromatic carbocycles. The Bertz CT molecular complexity index is 201. The third-order valence-electron chi connectivity index (χ3n) is 1.63. The molecule has 90 valence electrons. The van der Waals surface area contributed by atoms with Crippen molar-refractivity contribution in [2.45, 2.75) is 31.6 Å². The Balaban J connectivity index is 3.71. The number of nitrogens with one attached hydrogen (secondary N) is 1. The van der Waals surface area contributed by atoms with Crippen molar-refractivity contribution in [2.75, 3.05) is 11.9 Å². The van der Waals surface area contributed by atoms with Gasteiger partial charge in [-0.25, -0.2) is 8.78 Å². The molecule has 0 radical (unpaired) electrons. The molecular formula is C8H12BrF4NO. The predicted molar refractivity (Wildman–Crippen MR) is 51.6 cm³/mol. The van der Waals surface area contributed by atoms with Gasteiger partial charge in [0.05, 0.1) is 6.54 Å². The number of alkyl halides is 5. The fourth-order valence-corrected chi connectivity index (χ4v) is 1.16. The molecule has 15 heavy (non-hydrogen) atoms. The number of rotatable bonds is 7. The van der Waals surface area contributed by atoms with Crippen LogP contribution in [0, 0.1) is 0 Å². The SMILES string of the molecule is O=C(CCCCBr)NCC(F)(F)C(F)F. The summed E-state index contributed by atoms with van der Waals surface area (Å²) in [6.07, 6.45) is -2.40. The van der Waals surface area contributed by atoms with Crippen molar-refractivity contribution in [2.24, 2.45) is 0 Å². The molecule has 1 amide bonds. The smallest absolute Gasteiger partial charge is 0.324 e. The molecule has 0 bridgehead atoms. The van der Waals surface area contributed by atoms with Crippen LogP contribution in [-0.2, 0) is 4.79 Å². The van der Waals surface area contributed by atoms with E-state index in [4.69, 9.17) is 0 Å². The average molecular weight is 294 g/mol. The number of unbranched alkanes of at least 4 members (excludes halogenated alkanes) is 1. The third kappa shape index (κ3) is 6.70. The molecule has 0 heterocycles. The molecule has 0 aromatic heterocycles. The molecule has 1 N–H and O–H groups in total. The quantitative estimate of drug-likeness (QED) is 0.436. The maximum Gasteiger partial charge on any atom is 0.324 e. The highest BCUT2D eigenvalue weighted by atomic mass is 79.9. The first-order valence-corrected chi connectivity index (χ1v) is 5.51. The van der Waals surface area contributed by atoms with Gasteiger partial charge in [-0.05, 0) is 12.8 Å². The van der Waals surface area contributed by atoms with Gasteiger partial charge in [0, 0.05) is 11.8 Å². The average Bonchev–Trinajstić information content (AvgIpc) is 2.15. The monoisotopic (exact) mass is 293 g/mol. The van der Waals surface area contributed by atoms with Crippen LogP contribution in [0.5, 0.6) is 0 Å². The Kier molecular flexibility index (Phi) is 6.87. The van der Waals surface area contributed by atoms with Crippen LogP contribution in [0.2, 0.25) is 0 Å². The summed E-state index contributed by atoms with van der Waals surface area (Å²) in [6.45, 7) is -1.31. The summed E-state index contributed by atoms with van der Waals surface area (Å²) in [5.74, 6) is -4.78. The van der Waals surface area contributed by atoms with E-state index in [2.05, 4.69) is 15.9 Å². The highest BCUT2D eigenvalue weighted by molar-refractivity contribution is 9.09. The van der Waals surface area contributed by atoms with Gasteiger partial charge in [-0.3, -0.25) is 4.79 Å². The zero-order valence-electron chi connectivity index (χ0n) is 7.91. The molecule has 0 aliphatic heterocycles. The van der Waals surface area contributed by atoms with Crippen LogP contribution in [0.4, 0.5) is 17.6 Å². The summed E-state index contributed by atoms with van der Waals surface area (Å²) < 4.78 is 48.0. The van der Waals surface area contributed by atoms with E-state index in [1.54, 1.807) is 5.32 Å². The molecule has 0 atom stereocenters. The molecule has 0 saturated heterocycles. The molecule has 0 unspecified atom stereocenters. The van der Waals surface area contributed by atoms with Crippen LogP contribution in [-0.4, -0.2) is 30.1 Å². The summed E-state index contributed by atoms with van der Waals surface area (Å²) in [4.78, 5) is 10.9. The van der Waals surface area contributed by atoms with E-state index in [-0.39, 0.29) is 6.42 Å². The van der Waals surface area contributed by atoms with Crippen molar-refractivity contribution in [1.82, 2.24) is 5.32 Å². The highest BCUT2D eigenvalue weighted by Crippen LogP contribution is 2.21. The molecular weight excluding hydrogens is 282 g/mol. The van der Waals surface area contributed by atoms with Crippen LogP contribution < -0.4 is 5.32 Å². The standard InChI is InChI=1S/C8H12BrF4NO/c9-4-2-1-3-6(15)14-5-8(12,13)7(10)11/h7H,1-5H2,(H,14,15). The predicted octanol–water partition coefficient (Wildman–Crippen LogP) is 2.57. The van der Waals surface area contributed by atoms with Gasteiger partial charge >= 0.3 is 12.3 Å². The molecule has 0 fully saturated rings. The van der Waals surface area contributed by atoms with Gasteiger partial charge in [-0.2, -0.15) is 8.78 Å². The van der Waals surface area contributed by atoms with Crippen LogP contribution in [0.25, 0.3) is 0 Å². The number of hydrogen-bond donors (Lipinski definition) is 1. The first-order chi connectivity index (χ1) is 6.90. The van der Waals surface area contributed by atoms with Crippen molar-refractivity contribution in [3.63, 3.8) is 0 Å². The summed E-state index contributed by atoms with van der Waals surface area (Å²) in [5.41, 5.74) is 0. The van der Waals surface area contributed by atoms with Gasteiger partial charge in [-0.15, -0.1) is 0 Å². The Labute approximate surface area is 93.5 Å². The Morgan fingerprint density at radius 2 is 1.93 bits per heavy atom. The van der Waals surface area contributed by atoms with Gasteiger partial charge in [0.1, 0.15) is 0 Å². The minimum absolute atomic E-state index is 0.0743.